The largest absolute Gasteiger partial charge is 0.360 e. The quantitative estimate of drug-likeness (QED) is 0.547. The SMILES string of the molecule is S=c1[nH]nc(-c2c[nH]c3ccccc23)n1-c1ccccc1. The summed E-state index contributed by atoms with van der Waals surface area (Å²) in [6.07, 6.45) is 1.97. The molecule has 0 aliphatic carbocycles. The molecular weight excluding hydrogens is 280 g/mol. The highest BCUT2D eigenvalue weighted by Crippen LogP contribution is 2.28. The molecule has 2 aromatic heterocycles. The molecule has 0 spiro atoms. The predicted molar refractivity (Wildman–Crippen MR) is 86.0 cm³/mol. The zero-order valence-corrected chi connectivity index (χ0v) is 11.9. The van der Waals surface area contributed by atoms with Gasteiger partial charge in [-0.05, 0) is 30.4 Å². The summed E-state index contributed by atoms with van der Waals surface area (Å²) in [5.74, 6) is 0.809. The van der Waals surface area contributed by atoms with Crippen molar-refractivity contribution < 1.29 is 0 Å². The molecule has 0 bridgehead atoms. The number of aromatic nitrogens is 4. The molecule has 0 unspecified atom stereocenters. The van der Waals surface area contributed by atoms with E-state index >= 15 is 0 Å². The zero-order valence-electron chi connectivity index (χ0n) is 11.1. The Hall–Kier alpha value is -2.66. The van der Waals surface area contributed by atoms with Crippen LogP contribution in [0, 0.1) is 4.77 Å². The molecule has 0 aliphatic heterocycles. The van der Waals surface area contributed by atoms with Crippen LogP contribution in [0.5, 0.6) is 0 Å². The van der Waals surface area contributed by atoms with Crippen molar-refractivity contribution in [3.63, 3.8) is 0 Å². The number of aromatic amines is 2. The number of hydrogen-bond acceptors (Lipinski definition) is 2. The Morgan fingerprint density at radius 1 is 0.952 bits per heavy atom. The van der Waals surface area contributed by atoms with Gasteiger partial charge in [-0.1, -0.05) is 36.4 Å². The fourth-order valence-corrected chi connectivity index (χ4v) is 2.79. The Morgan fingerprint density at radius 3 is 2.57 bits per heavy atom. The Morgan fingerprint density at radius 2 is 1.71 bits per heavy atom. The highest BCUT2D eigenvalue weighted by Gasteiger charge is 2.14. The number of rotatable bonds is 2. The molecule has 0 atom stereocenters. The van der Waals surface area contributed by atoms with Gasteiger partial charge in [0, 0.05) is 28.4 Å². The van der Waals surface area contributed by atoms with Gasteiger partial charge >= 0.3 is 0 Å². The molecule has 2 N–H and O–H groups in total. The van der Waals surface area contributed by atoms with Crippen molar-refractivity contribution in [2.24, 2.45) is 0 Å². The third-order valence-electron chi connectivity index (χ3n) is 3.52. The first-order valence-electron chi connectivity index (χ1n) is 6.64. The topological polar surface area (TPSA) is 49.4 Å². The second kappa shape index (κ2) is 4.71. The van der Waals surface area contributed by atoms with E-state index in [1.807, 2.05) is 59.3 Å². The lowest BCUT2D eigenvalue weighted by Gasteiger charge is -2.05. The molecule has 2 aromatic carbocycles. The minimum atomic E-state index is 0.585. The normalized spacial score (nSPS) is 11.0. The Bertz CT molecular complexity index is 963. The maximum Gasteiger partial charge on any atom is 0.200 e. The van der Waals surface area contributed by atoms with Crippen LogP contribution in [0.3, 0.4) is 0 Å². The molecule has 102 valence electrons. The standard InChI is InChI=1S/C16H12N4S/c21-16-19-18-15(20(16)11-6-2-1-3-7-11)13-10-17-14-9-5-4-8-12(13)14/h1-10,17H,(H,19,21). The first-order valence-corrected chi connectivity index (χ1v) is 7.05. The van der Waals surface area contributed by atoms with Crippen LogP contribution in [0.25, 0.3) is 28.0 Å². The third-order valence-corrected chi connectivity index (χ3v) is 3.79. The molecule has 4 rings (SSSR count). The molecule has 0 amide bonds. The molecule has 0 saturated carbocycles. The van der Waals surface area contributed by atoms with E-state index in [0.29, 0.717) is 4.77 Å². The van der Waals surface area contributed by atoms with Crippen LogP contribution in [-0.2, 0) is 0 Å². The molecular formula is C16H12N4S. The number of nitrogens with one attached hydrogen (secondary N) is 2. The molecule has 0 fully saturated rings. The first kappa shape index (κ1) is 12.1. The van der Waals surface area contributed by atoms with E-state index in [9.17, 15) is 0 Å². The van der Waals surface area contributed by atoms with Gasteiger partial charge in [-0.15, -0.1) is 0 Å². The number of nitrogens with zero attached hydrogens (tertiary/aromatic N) is 2. The summed E-state index contributed by atoms with van der Waals surface area (Å²) in [5, 5.41) is 8.43. The number of H-pyrrole nitrogens is 2. The first-order chi connectivity index (χ1) is 10.3. The van der Waals surface area contributed by atoms with Crippen LogP contribution in [0.4, 0.5) is 0 Å². The molecule has 4 aromatic rings. The van der Waals surface area contributed by atoms with Gasteiger partial charge in [0.1, 0.15) is 0 Å². The average Bonchev–Trinajstić information content (AvgIpc) is 3.11. The minimum absolute atomic E-state index is 0.585. The predicted octanol–water partition coefficient (Wildman–Crippen LogP) is 4.08. The van der Waals surface area contributed by atoms with E-state index < -0.39 is 0 Å². The summed E-state index contributed by atoms with van der Waals surface area (Å²) < 4.78 is 2.53. The lowest BCUT2D eigenvalue weighted by atomic mass is 10.1. The van der Waals surface area contributed by atoms with Crippen LogP contribution in [-0.4, -0.2) is 19.7 Å². The van der Waals surface area contributed by atoms with Crippen molar-refractivity contribution in [2.45, 2.75) is 0 Å². The van der Waals surface area contributed by atoms with Crippen LogP contribution < -0.4 is 0 Å². The van der Waals surface area contributed by atoms with Crippen molar-refractivity contribution in [2.75, 3.05) is 0 Å². The summed E-state index contributed by atoms with van der Waals surface area (Å²) in [7, 11) is 0. The van der Waals surface area contributed by atoms with Gasteiger partial charge in [0.25, 0.3) is 0 Å². The van der Waals surface area contributed by atoms with Crippen LogP contribution in [0.1, 0.15) is 0 Å². The van der Waals surface area contributed by atoms with E-state index in [-0.39, 0.29) is 0 Å². The van der Waals surface area contributed by atoms with Gasteiger partial charge in [-0.2, -0.15) is 5.10 Å². The van der Waals surface area contributed by atoms with Gasteiger partial charge in [-0.3, -0.25) is 9.67 Å². The lowest BCUT2D eigenvalue weighted by molar-refractivity contribution is 1.04. The maximum absolute atomic E-state index is 5.39. The van der Waals surface area contributed by atoms with Gasteiger partial charge in [0.05, 0.1) is 0 Å². The minimum Gasteiger partial charge on any atom is -0.360 e. The van der Waals surface area contributed by atoms with Gasteiger partial charge in [0.15, 0.2) is 10.6 Å². The van der Waals surface area contributed by atoms with Crippen molar-refractivity contribution in [3.05, 3.63) is 65.6 Å². The highest BCUT2D eigenvalue weighted by atomic mass is 32.1. The number of para-hydroxylation sites is 2. The maximum atomic E-state index is 5.39. The molecule has 0 saturated heterocycles. The summed E-state index contributed by atoms with van der Waals surface area (Å²) in [4.78, 5) is 3.27. The van der Waals surface area contributed by atoms with Crippen LogP contribution >= 0.6 is 12.2 Å². The number of benzene rings is 2. The Labute approximate surface area is 126 Å². The van der Waals surface area contributed by atoms with Gasteiger partial charge in [-0.25, -0.2) is 0 Å². The molecule has 4 nitrogen and oxygen atoms in total. The van der Waals surface area contributed by atoms with E-state index in [1.54, 1.807) is 0 Å². The van der Waals surface area contributed by atoms with Crippen molar-refractivity contribution in [1.29, 1.82) is 0 Å². The van der Waals surface area contributed by atoms with Crippen molar-refractivity contribution >= 4 is 23.1 Å². The van der Waals surface area contributed by atoms with Crippen molar-refractivity contribution in [3.8, 4) is 17.1 Å². The molecule has 0 radical (unpaired) electrons. The Kier molecular flexibility index (Phi) is 2.72. The Balaban J connectivity index is 2.01. The fourth-order valence-electron chi connectivity index (χ4n) is 2.55. The summed E-state index contributed by atoms with van der Waals surface area (Å²) in [6, 6.07) is 18.2. The highest BCUT2D eigenvalue weighted by molar-refractivity contribution is 7.71. The van der Waals surface area contributed by atoms with E-state index in [2.05, 4.69) is 21.2 Å². The van der Waals surface area contributed by atoms with Gasteiger partial charge in [0.2, 0.25) is 0 Å². The number of hydrogen-bond donors (Lipinski definition) is 2. The fraction of sp³-hybridized carbons (Fsp3) is 0. The lowest BCUT2D eigenvalue weighted by Crippen LogP contribution is -1.96. The average molecular weight is 292 g/mol. The molecule has 2 heterocycles. The summed E-state index contributed by atoms with van der Waals surface area (Å²) in [5.41, 5.74) is 3.11. The molecule has 21 heavy (non-hydrogen) atoms. The monoisotopic (exact) mass is 292 g/mol. The second-order valence-electron chi connectivity index (χ2n) is 4.77. The zero-order chi connectivity index (χ0) is 14.2. The van der Waals surface area contributed by atoms with Crippen molar-refractivity contribution in [1.82, 2.24) is 19.7 Å². The number of fused-ring (bicyclic) bond motifs is 1. The van der Waals surface area contributed by atoms with Crippen LogP contribution in [0.15, 0.2) is 60.8 Å². The van der Waals surface area contributed by atoms with E-state index in [4.69, 9.17) is 12.2 Å². The van der Waals surface area contributed by atoms with E-state index in [1.165, 1.54) is 0 Å². The second-order valence-corrected chi connectivity index (χ2v) is 5.16. The smallest absolute Gasteiger partial charge is 0.200 e. The summed E-state index contributed by atoms with van der Waals surface area (Å²) >= 11 is 5.39. The van der Waals surface area contributed by atoms with Gasteiger partial charge < -0.3 is 4.98 Å². The molecule has 0 aliphatic rings. The summed E-state index contributed by atoms with van der Waals surface area (Å²) in [6.45, 7) is 0. The third kappa shape index (κ3) is 1.90. The molecule has 5 heteroatoms. The van der Waals surface area contributed by atoms with E-state index in [0.717, 1.165) is 28.0 Å². The van der Waals surface area contributed by atoms with Crippen LogP contribution in [0.2, 0.25) is 0 Å².